The first-order valence-corrected chi connectivity index (χ1v) is 4.92. The molecule has 0 radical (unpaired) electrons. The predicted octanol–water partition coefficient (Wildman–Crippen LogP) is 0.560. The van der Waals surface area contributed by atoms with Crippen molar-refractivity contribution in [2.24, 2.45) is 0 Å². The molecule has 1 N–H and O–H groups in total. The Bertz CT molecular complexity index is 163. The number of morpholine rings is 1. The van der Waals surface area contributed by atoms with E-state index in [0.29, 0.717) is 6.61 Å². The monoisotopic (exact) mass is 208 g/mol. The van der Waals surface area contributed by atoms with Crippen LogP contribution in [0.1, 0.15) is 6.92 Å². The molecule has 3 nitrogen and oxygen atoms in total. The molecule has 0 aromatic rings. The quantitative estimate of drug-likeness (QED) is 0.730. The lowest BCUT2D eigenvalue weighted by molar-refractivity contribution is -0.0313. The number of likely N-dealkylation sites (N-methyl/N-ethyl adjacent to an activating group) is 1. The van der Waals surface area contributed by atoms with Crippen LogP contribution < -0.4 is 5.32 Å². The van der Waals surface area contributed by atoms with Gasteiger partial charge in [0, 0.05) is 19.1 Å². The van der Waals surface area contributed by atoms with Gasteiger partial charge >= 0.3 is 0 Å². The molecule has 1 rings (SSSR count). The molecular formula is C9H18F2N2O. The van der Waals surface area contributed by atoms with Crippen molar-refractivity contribution in [1.82, 2.24) is 10.2 Å². The largest absolute Gasteiger partial charge is 0.374 e. The molecule has 1 fully saturated rings. The maximum atomic E-state index is 12.1. The van der Waals surface area contributed by atoms with Gasteiger partial charge < -0.3 is 10.1 Å². The van der Waals surface area contributed by atoms with Crippen molar-refractivity contribution in [3.05, 3.63) is 0 Å². The molecular weight excluding hydrogens is 190 g/mol. The summed E-state index contributed by atoms with van der Waals surface area (Å²) in [6, 6.07) is 0.0248. The third kappa shape index (κ3) is 3.48. The van der Waals surface area contributed by atoms with Crippen molar-refractivity contribution < 1.29 is 13.5 Å². The minimum absolute atomic E-state index is 0.0208. The predicted molar refractivity (Wildman–Crippen MR) is 50.7 cm³/mol. The number of hydrogen-bond acceptors (Lipinski definition) is 3. The van der Waals surface area contributed by atoms with E-state index in [4.69, 9.17) is 4.74 Å². The first-order valence-electron chi connectivity index (χ1n) is 4.92. The van der Waals surface area contributed by atoms with E-state index in [2.05, 4.69) is 5.32 Å². The van der Waals surface area contributed by atoms with Gasteiger partial charge in [0.05, 0.1) is 19.3 Å². The van der Waals surface area contributed by atoms with Gasteiger partial charge in [-0.3, -0.25) is 4.90 Å². The van der Waals surface area contributed by atoms with Crippen LogP contribution in [0.15, 0.2) is 0 Å². The third-order valence-corrected chi connectivity index (χ3v) is 2.62. The lowest BCUT2D eigenvalue weighted by atomic mass is 10.1. The van der Waals surface area contributed by atoms with Crippen molar-refractivity contribution in [3.8, 4) is 0 Å². The summed E-state index contributed by atoms with van der Waals surface area (Å²) in [5.41, 5.74) is 0. The van der Waals surface area contributed by atoms with Crippen LogP contribution in [0.25, 0.3) is 0 Å². The first-order chi connectivity index (χ1) is 6.61. The van der Waals surface area contributed by atoms with Crippen molar-refractivity contribution >= 4 is 0 Å². The van der Waals surface area contributed by atoms with E-state index < -0.39 is 6.43 Å². The zero-order valence-corrected chi connectivity index (χ0v) is 8.67. The Labute approximate surface area is 83.4 Å². The summed E-state index contributed by atoms with van der Waals surface area (Å²) in [7, 11) is 1.70. The van der Waals surface area contributed by atoms with Crippen LogP contribution in [0.5, 0.6) is 0 Å². The van der Waals surface area contributed by atoms with Crippen LogP contribution in [0.2, 0.25) is 0 Å². The minimum Gasteiger partial charge on any atom is -0.374 e. The lowest BCUT2D eigenvalue weighted by Gasteiger charge is -2.34. The molecule has 0 amide bonds. The number of rotatable bonds is 4. The van der Waals surface area contributed by atoms with Gasteiger partial charge in [0.2, 0.25) is 0 Å². The van der Waals surface area contributed by atoms with Gasteiger partial charge in [0.25, 0.3) is 6.43 Å². The summed E-state index contributed by atoms with van der Waals surface area (Å²) in [4.78, 5) is 1.64. The molecule has 0 aliphatic carbocycles. The van der Waals surface area contributed by atoms with Crippen LogP contribution >= 0.6 is 0 Å². The smallest absolute Gasteiger partial charge is 0.251 e. The highest BCUT2D eigenvalue weighted by Gasteiger charge is 2.25. The second kappa shape index (κ2) is 5.58. The van der Waals surface area contributed by atoms with Gasteiger partial charge in [-0.1, -0.05) is 0 Å². The summed E-state index contributed by atoms with van der Waals surface area (Å²) in [6.07, 6.45) is -2.26. The zero-order chi connectivity index (χ0) is 10.6. The SMILES string of the molecule is CC(C1CNCCO1)N(C)CC(F)F. The number of ether oxygens (including phenoxy) is 1. The molecule has 0 saturated carbocycles. The van der Waals surface area contributed by atoms with Crippen LogP contribution in [0.4, 0.5) is 8.78 Å². The van der Waals surface area contributed by atoms with Crippen molar-refractivity contribution in [3.63, 3.8) is 0 Å². The number of nitrogens with one attached hydrogen (secondary N) is 1. The highest BCUT2D eigenvalue weighted by atomic mass is 19.3. The summed E-state index contributed by atoms with van der Waals surface area (Å²) in [6.45, 7) is 3.98. The van der Waals surface area contributed by atoms with Crippen molar-refractivity contribution in [1.29, 1.82) is 0 Å². The molecule has 0 spiro atoms. The highest BCUT2D eigenvalue weighted by molar-refractivity contribution is 4.79. The van der Waals surface area contributed by atoms with Crippen LogP contribution in [0, 0.1) is 0 Å². The summed E-state index contributed by atoms with van der Waals surface area (Å²) < 4.78 is 29.7. The Hall–Kier alpha value is -0.260. The molecule has 2 unspecified atom stereocenters. The van der Waals surface area contributed by atoms with Gasteiger partial charge in [-0.25, -0.2) is 8.78 Å². The summed E-state index contributed by atoms with van der Waals surface area (Å²) >= 11 is 0. The van der Waals surface area contributed by atoms with Crippen LogP contribution in [-0.2, 0) is 4.74 Å². The fourth-order valence-electron chi connectivity index (χ4n) is 1.56. The van der Waals surface area contributed by atoms with Gasteiger partial charge in [0.15, 0.2) is 0 Å². The van der Waals surface area contributed by atoms with E-state index in [1.165, 1.54) is 0 Å². The maximum absolute atomic E-state index is 12.1. The third-order valence-electron chi connectivity index (χ3n) is 2.62. The Morgan fingerprint density at radius 1 is 1.57 bits per heavy atom. The topological polar surface area (TPSA) is 24.5 Å². The molecule has 0 aromatic carbocycles. The maximum Gasteiger partial charge on any atom is 0.251 e. The average molecular weight is 208 g/mol. The Kier molecular flexibility index (Phi) is 4.71. The van der Waals surface area contributed by atoms with E-state index in [0.717, 1.165) is 13.1 Å². The van der Waals surface area contributed by atoms with Gasteiger partial charge in [-0.05, 0) is 14.0 Å². The van der Waals surface area contributed by atoms with E-state index in [9.17, 15) is 8.78 Å². The van der Waals surface area contributed by atoms with E-state index in [1.807, 2.05) is 6.92 Å². The standard InChI is InChI=1S/C9H18F2N2O/c1-7(13(2)6-9(10)11)8-5-12-3-4-14-8/h7-9,12H,3-6H2,1-2H3. The molecule has 2 atom stereocenters. The molecule has 1 saturated heterocycles. The van der Waals surface area contributed by atoms with Crippen LogP contribution in [0.3, 0.4) is 0 Å². The Balaban J connectivity index is 2.33. The minimum atomic E-state index is -2.28. The fraction of sp³-hybridized carbons (Fsp3) is 1.00. The number of hydrogen-bond donors (Lipinski definition) is 1. The number of nitrogens with zero attached hydrogens (tertiary/aromatic N) is 1. The molecule has 0 aromatic heterocycles. The summed E-state index contributed by atoms with van der Waals surface area (Å²) in [5, 5.41) is 3.18. The van der Waals surface area contributed by atoms with Gasteiger partial charge in [0.1, 0.15) is 0 Å². The fourth-order valence-corrected chi connectivity index (χ4v) is 1.56. The lowest BCUT2D eigenvalue weighted by Crippen LogP contribution is -2.50. The van der Waals surface area contributed by atoms with Gasteiger partial charge in [-0.2, -0.15) is 0 Å². The number of halogens is 2. The van der Waals surface area contributed by atoms with Gasteiger partial charge in [-0.15, -0.1) is 0 Å². The zero-order valence-electron chi connectivity index (χ0n) is 8.67. The second-order valence-corrected chi connectivity index (χ2v) is 3.68. The molecule has 5 heteroatoms. The first kappa shape index (κ1) is 11.8. The molecule has 1 aliphatic heterocycles. The summed E-state index contributed by atoms with van der Waals surface area (Å²) in [5.74, 6) is 0. The Morgan fingerprint density at radius 3 is 2.79 bits per heavy atom. The molecule has 84 valence electrons. The van der Waals surface area contributed by atoms with E-state index in [1.54, 1.807) is 11.9 Å². The molecule has 0 bridgehead atoms. The van der Waals surface area contributed by atoms with Crippen molar-refractivity contribution in [2.45, 2.75) is 25.5 Å². The number of alkyl halides is 2. The average Bonchev–Trinajstić information content (AvgIpc) is 2.17. The Morgan fingerprint density at radius 2 is 2.29 bits per heavy atom. The van der Waals surface area contributed by atoms with E-state index in [-0.39, 0.29) is 18.7 Å². The molecule has 1 heterocycles. The molecule has 14 heavy (non-hydrogen) atoms. The van der Waals surface area contributed by atoms with Crippen LogP contribution in [-0.4, -0.2) is 56.8 Å². The second-order valence-electron chi connectivity index (χ2n) is 3.68. The van der Waals surface area contributed by atoms with Crippen molar-refractivity contribution in [2.75, 3.05) is 33.3 Å². The highest BCUT2D eigenvalue weighted by Crippen LogP contribution is 2.09. The van der Waals surface area contributed by atoms with E-state index >= 15 is 0 Å². The molecule has 1 aliphatic rings. The normalized spacial score (nSPS) is 25.7.